The largest absolute Gasteiger partial charge is 0.482 e. The van der Waals surface area contributed by atoms with Gasteiger partial charge in [-0.05, 0) is 76.1 Å². The highest BCUT2D eigenvalue weighted by atomic mass is 32.2. The first kappa shape index (κ1) is 28.2. The van der Waals surface area contributed by atoms with Crippen LogP contribution in [0, 0.1) is 13.8 Å². The van der Waals surface area contributed by atoms with E-state index < -0.39 is 0 Å². The Hall–Kier alpha value is -2.85. The van der Waals surface area contributed by atoms with Gasteiger partial charge in [0.15, 0.2) is 17.1 Å². The topological polar surface area (TPSA) is 95.3 Å². The van der Waals surface area contributed by atoms with Gasteiger partial charge in [0.1, 0.15) is 10.8 Å². The second-order valence-corrected chi connectivity index (χ2v) is 11.5. The molecule has 0 fully saturated rings. The number of aromatic nitrogens is 3. The molecule has 8 nitrogen and oxygen atoms in total. The van der Waals surface area contributed by atoms with Gasteiger partial charge < -0.3 is 19.4 Å². The van der Waals surface area contributed by atoms with Crippen molar-refractivity contribution < 1.29 is 19.1 Å². The van der Waals surface area contributed by atoms with Crippen LogP contribution in [0.4, 0.5) is 5.00 Å². The normalized spacial score (nSPS) is 14.2. The van der Waals surface area contributed by atoms with Crippen LogP contribution in [-0.2, 0) is 28.9 Å². The second-order valence-electron chi connectivity index (χ2n) is 9.49. The summed E-state index contributed by atoms with van der Waals surface area (Å²) in [6.45, 7) is 8.73. The summed E-state index contributed by atoms with van der Waals surface area (Å²) in [6.07, 6.45) is 5.94. The second kappa shape index (κ2) is 12.8. The van der Waals surface area contributed by atoms with Crippen LogP contribution in [0.25, 0.3) is 0 Å². The van der Waals surface area contributed by atoms with Crippen LogP contribution in [0.3, 0.4) is 0 Å². The molecule has 1 amide bonds. The molecule has 2 aromatic heterocycles. The van der Waals surface area contributed by atoms with Crippen LogP contribution >= 0.6 is 23.1 Å². The van der Waals surface area contributed by atoms with Gasteiger partial charge in [-0.25, -0.2) is 4.79 Å². The lowest BCUT2D eigenvalue weighted by molar-refractivity contribution is -0.113. The molecule has 0 radical (unpaired) electrons. The summed E-state index contributed by atoms with van der Waals surface area (Å²) in [6, 6.07) is 6.00. The third-order valence-electron chi connectivity index (χ3n) is 6.93. The number of methoxy groups -OCH3 is 1. The molecule has 1 aliphatic rings. The third-order valence-corrected chi connectivity index (χ3v) is 9.10. The van der Waals surface area contributed by atoms with Crippen molar-refractivity contribution in [2.75, 3.05) is 18.2 Å². The van der Waals surface area contributed by atoms with Crippen molar-refractivity contribution in [3.63, 3.8) is 0 Å². The van der Waals surface area contributed by atoms with Crippen molar-refractivity contribution in [1.29, 1.82) is 0 Å². The maximum absolute atomic E-state index is 13.0. The zero-order valence-corrected chi connectivity index (χ0v) is 24.4. The molecule has 1 aromatic carbocycles. The maximum Gasteiger partial charge on any atom is 0.341 e. The van der Waals surface area contributed by atoms with E-state index in [9.17, 15) is 9.59 Å². The fourth-order valence-corrected chi connectivity index (χ4v) is 6.82. The summed E-state index contributed by atoms with van der Waals surface area (Å²) >= 11 is 2.83. The van der Waals surface area contributed by atoms with Gasteiger partial charge in [-0.3, -0.25) is 4.79 Å². The van der Waals surface area contributed by atoms with Gasteiger partial charge in [-0.2, -0.15) is 0 Å². The van der Waals surface area contributed by atoms with E-state index in [0.29, 0.717) is 28.1 Å². The van der Waals surface area contributed by atoms with Crippen LogP contribution in [0.1, 0.15) is 83.4 Å². The minimum absolute atomic E-state index is 0.146. The lowest BCUT2D eigenvalue weighted by Gasteiger charge is -2.17. The number of rotatable bonds is 9. The molecule has 0 aliphatic heterocycles. The first-order valence-electron chi connectivity index (χ1n) is 13.1. The van der Waals surface area contributed by atoms with E-state index in [4.69, 9.17) is 9.47 Å². The highest BCUT2D eigenvalue weighted by Gasteiger charge is 2.26. The number of nitrogens with one attached hydrogen (secondary N) is 1. The number of fused-ring (bicyclic) bond motifs is 1. The van der Waals surface area contributed by atoms with Crippen LogP contribution in [-0.4, -0.2) is 39.5 Å². The molecular weight excluding hydrogens is 520 g/mol. The number of anilines is 1. The van der Waals surface area contributed by atoms with E-state index in [1.54, 1.807) is 0 Å². The number of thioether (sulfide) groups is 1. The zero-order chi connectivity index (χ0) is 27.2. The first-order chi connectivity index (χ1) is 18.3. The average Bonchev–Trinajstić information content (AvgIpc) is 3.45. The Morgan fingerprint density at radius 2 is 1.92 bits per heavy atom. The Morgan fingerprint density at radius 1 is 1.16 bits per heavy atom. The molecule has 0 saturated heterocycles. The first-order valence-corrected chi connectivity index (χ1v) is 15.0. The summed E-state index contributed by atoms with van der Waals surface area (Å²) < 4.78 is 13.3. The number of carbonyl (C=O) groups excluding carboxylic acids is 2. The molecule has 1 aliphatic carbocycles. The minimum Gasteiger partial charge on any atom is -0.482 e. The molecule has 1 atom stereocenters. The Balaban J connectivity index is 1.45. The van der Waals surface area contributed by atoms with Crippen LogP contribution in [0.2, 0.25) is 0 Å². The van der Waals surface area contributed by atoms with Gasteiger partial charge >= 0.3 is 5.97 Å². The van der Waals surface area contributed by atoms with Gasteiger partial charge in [0, 0.05) is 11.4 Å². The molecular formula is C28H36N4O4S2. The van der Waals surface area contributed by atoms with Gasteiger partial charge in [0.2, 0.25) is 5.91 Å². The molecule has 0 spiro atoms. The summed E-state index contributed by atoms with van der Waals surface area (Å²) in [5.74, 6) is 1.10. The summed E-state index contributed by atoms with van der Waals surface area (Å²) in [5.41, 5.74) is 3.82. The van der Waals surface area contributed by atoms with E-state index in [1.165, 1.54) is 47.1 Å². The highest BCUT2D eigenvalue weighted by Crippen LogP contribution is 2.38. The molecule has 1 unspecified atom stereocenters. The number of esters is 1. The van der Waals surface area contributed by atoms with E-state index in [0.717, 1.165) is 49.0 Å². The smallest absolute Gasteiger partial charge is 0.341 e. The van der Waals surface area contributed by atoms with Crippen LogP contribution in [0.15, 0.2) is 23.4 Å². The third kappa shape index (κ3) is 6.23. The van der Waals surface area contributed by atoms with Gasteiger partial charge in [0.25, 0.3) is 0 Å². The van der Waals surface area contributed by atoms with Gasteiger partial charge in [-0.15, -0.1) is 21.5 Å². The summed E-state index contributed by atoms with van der Waals surface area (Å²) in [5, 5.41) is 12.9. The lowest BCUT2D eigenvalue weighted by Crippen LogP contribution is -2.17. The fraction of sp³-hybridized carbons (Fsp3) is 0.500. The van der Waals surface area contributed by atoms with Gasteiger partial charge in [-0.1, -0.05) is 36.7 Å². The number of benzene rings is 1. The molecule has 4 rings (SSSR count). The molecule has 2 heterocycles. The number of ether oxygens (including phenoxy) is 2. The highest BCUT2D eigenvalue weighted by molar-refractivity contribution is 7.99. The summed E-state index contributed by atoms with van der Waals surface area (Å²) in [7, 11) is 1.39. The van der Waals surface area contributed by atoms with Crippen LogP contribution in [0.5, 0.6) is 5.75 Å². The number of thiophene rings is 1. The minimum atomic E-state index is -0.390. The number of nitrogens with zero attached hydrogens (tertiary/aromatic N) is 3. The Labute approximate surface area is 232 Å². The molecule has 0 bridgehead atoms. The molecule has 204 valence electrons. The van der Waals surface area contributed by atoms with Crippen molar-refractivity contribution in [3.8, 4) is 5.75 Å². The predicted octanol–water partition coefficient (Wildman–Crippen LogP) is 6.29. The molecule has 10 heteroatoms. The van der Waals surface area contributed by atoms with Gasteiger partial charge in [0.05, 0.1) is 18.4 Å². The van der Waals surface area contributed by atoms with Crippen molar-refractivity contribution in [2.45, 2.75) is 84.0 Å². The molecule has 0 saturated carbocycles. The Kier molecular flexibility index (Phi) is 9.49. The van der Waals surface area contributed by atoms with Crippen molar-refractivity contribution >= 4 is 40.0 Å². The van der Waals surface area contributed by atoms with E-state index in [-0.39, 0.29) is 23.7 Å². The Bertz CT molecular complexity index is 1300. The molecule has 38 heavy (non-hydrogen) atoms. The molecule has 3 aromatic rings. The number of carbonyl (C=O) groups is 2. The van der Waals surface area contributed by atoms with Crippen LogP contribution < -0.4 is 10.1 Å². The number of hydrogen-bond acceptors (Lipinski definition) is 8. The van der Waals surface area contributed by atoms with Crippen molar-refractivity contribution in [3.05, 3.63) is 51.2 Å². The summed E-state index contributed by atoms with van der Waals surface area (Å²) in [4.78, 5) is 26.8. The number of hydrogen-bond donors (Lipinski definition) is 1. The van der Waals surface area contributed by atoms with E-state index in [2.05, 4.69) is 28.5 Å². The van der Waals surface area contributed by atoms with Crippen molar-refractivity contribution in [2.24, 2.45) is 0 Å². The predicted molar refractivity (Wildman–Crippen MR) is 152 cm³/mol. The SMILES string of the molecule is CCn1c(SCC(=O)Nc2sc3c(c2C(=O)OC)CCCCCC3)nnc1C(C)Oc1cccc(C)c1C. The zero-order valence-electron chi connectivity index (χ0n) is 22.8. The van der Waals surface area contributed by atoms with Crippen molar-refractivity contribution in [1.82, 2.24) is 14.8 Å². The number of amides is 1. The van der Waals surface area contributed by atoms with E-state index >= 15 is 0 Å². The monoisotopic (exact) mass is 556 g/mol. The maximum atomic E-state index is 13.0. The fourth-order valence-electron chi connectivity index (χ4n) is 4.72. The Morgan fingerprint density at radius 3 is 2.66 bits per heavy atom. The number of aryl methyl sites for hydroxylation is 2. The average molecular weight is 557 g/mol. The quantitative estimate of drug-likeness (QED) is 0.244. The van der Waals surface area contributed by atoms with E-state index in [1.807, 2.05) is 37.5 Å². The molecule has 1 N–H and O–H groups in total. The standard InChI is InChI=1S/C28H36N4O4S2/c1-6-32-25(19(4)36-21-14-11-12-17(2)18(21)3)30-31-28(32)37-16-23(33)29-26-24(27(34)35-5)20-13-9-7-8-10-15-22(20)38-26/h11-12,14,19H,6-10,13,15-16H2,1-5H3,(H,29,33). The lowest BCUT2D eigenvalue weighted by atomic mass is 9.96.